The number of piperidine rings is 1. The van der Waals surface area contributed by atoms with Crippen LogP contribution in [-0.4, -0.2) is 41.5 Å². The molecule has 1 aromatic heterocycles. The van der Waals surface area contributed by atoms with E-state index in [9.17, 15) is 9.59 Å². The van der Waals surface area contributed by atoms with Gasteiger partial charge in [-0.25, -0.2) is 4.79 Å². The normalized spacial score (nSPS) is 17.6. The van der Waals surface area contributed by atoms with Crippen LogP contribution >= 0.6 is 22.9 Å². The minimum Gasteiger partial charge on any atom is -0.392 e. The zero-order valence-corrected chi connectivity index (χ0v) is 17.2. The molecule has 2 aromatic rings. The van der Waals surface area contributed by atoms with E-state index in [2.05, 4.69) is 10.5 Å². The molecule has 2 aliphatic rings. The maximum Gasteiger partial charge on any atom is 0.414 e. The third-order valence-corrected chi connectivity index (χ3v) is 6.16. The molecule has 0 atom stereocenters. The summed E-state index contributed by atoms with van der Waals surface area (Å²) < 4.78 is 5.28. The Hall–Kier alpha value is -2.58. The molecule has 152 valence electrons. The van der Waals surface area contributed by atoms with E-state index >= 15 is 0 Å². The summed E-state index contributed by atoms with van der Waals surface area (Å²) in [6.45, 7) is 1.49. The molecule has 0 aliphatic carbocycles. The Morgan fingerprint density at radius 3 is 2.83 bits per heavy atom. The predicted molar refractivity (Wildman–Crippen MR) is 110 cm³/mol. The topological polar surface area (TPSA) is 80.2 Å². The van der Waals surface area contributed by atoms with Crippen molar-refractivity contribution in [2.24, 2.45) is 5.16 Å². The van der Waals surface area contributed by atoms with Gasteiger partial charge in [0.15, 0.2) is 0 Å². The van der Waals surface area contributed by atoms with Crippen LogP contribution in [0.15, 0.2) is 46.9 Å². The standard InChI is InChI=1S/C20H20ClN3O4S/c21-15-4-1-3-14(11-15)18(25)24-8-6-20(7-9-24)12-17(23-28-20)27-19(26)22-13-16-5-2-10-29-16/h1-5,10-11H,6-9,12-13H2,(H,22,26). The smallest absolute Gasteiger partial charge is 0.392 e. The number of nitrogens with one attached hydrogen (secondary N) is 1. The van der Waals surface area contributed by atoms with Crippen LogP contribution in [0.5, 0.6) is 0 Å². The van der Waals surface area contributed by atoms with Crippen molar-refractivity contribution in [3.05, 3.63) is 57.2 Å². The van der Waals surface area contributed by atoms with E-state index in [4.69, 9.17) is 21.2 Å². The van der Waals surface area contributed by atoms with Crippen LogP contribution in [0.4, 0.5) is 4.79 Å². The molecule has 1 saturated heterocycles. The third kappa shape index (κ3) is 4.71. The van der Waals surface area contributed by atoms with Gasteiger partial charge in [-0.3, -0.25) is 4.79 Å². The number of halogens is 1. The zero-order chi connectivity index (χ0) is 20.3. The molecule has 4 rings (SSSR count). The summed E-state index contributed by atoms with van der Waals surface area (Å²) in [6, 6.07) is 10.8. The average Bonchev–Trinajstić information content (AvgIpc) is 3.37. The van der Waals surface area contributed by atoms with E-state index in [0.29, 0.717) is 49.5 Å². The van der Waals surface area contributed by atoms with Crippen LogP contribution in [0.1, 0.15) is 34.5 Å². The lowest BCUT2D eigenvalue weighted by Crippen LogP contribution is -2.47. The molecule has 2 amide bonds. The van der Waals surface area contributed by atoms with Gasteiger partial charge in [0.1, 0.15) is 5.60 Å². The number of nitrogens with zero attached hydrogens (tertiary/aromatic N) is 2. The Kier molecular flexibility index (Phi) is 5.73. The van der Waals surface area contributed by atoms with Crippen molar-refractivity contribution < 1.29 is 19.2 Å². The number of benzene rings is 1. The largest absolute Gasteiger partial charge is 0.414 e. The summed E-state index contributed by atoms with van der Waals surface area (Å²) in [7, 11) is 0. The van der Waals surface area contributed by atoms with Gasteiger partial charge in [0.05, 0.1) is 13.0 Å². The lowest BCUT2D eigenvalue weighted by Gasteiger charge is -2.37. The van der Waals surface area contributed by atoms with Gasteiger partial charge in [-0.1, -0.05) is 28.9 Å². The van der Waals surface area contributed by atoms with Crippen LogP contribution in [0.25, 0.3) is 0 Å². The second-order valence-corrected chi connectivity index (χ2v) is 8.53. The summed E-state index contributed by atoms with van der Waals surface area (Å²) in [5.74, 6) is 0.217. The van der Waals surface area contributed by atoms with E-state index in [-0.39, 0.29) is 11.8 Å². The van der Waals surface area contributed by atoms with Crippen LogP contribution < -0.4 is 5.32 Å². The van der Waals surface area contributed by atoms with E-state index in [1.54, 1.807) is 40.5 Å². The first kappa shape index (κ1) is 19.7. The molecule has 2 aliphatic heterocycles. The van der Waals surface area contributed by atoms with Gasteiger partial charge in [-0.15, -0.1) is 11.3 Å². The second-order valence-electron chi connectivity index (χ2n) is 7.06. The van der Waals surface area contributed by atoms with Gasteiger partial charge < -0.3 is 19.8 Å². The number of ether oxygens (including phenoxy) is 1. The third-order valence-electron chi connectivity index (χ3n) is 5.05. The van der Waals surface area contributed by atoms with Gasteiger partial charge in [-0.2, -0.15) is 0 Å². The van der Waals surface area contributed by atoms with Gasteiger partial charge in [0.25, 0.3) is 5.91 Å². The number of rotatable bonds is 3. The van der Waals surface area contributed by atoms with Gasteiger partial charge >= 0.3 is 6.09 Å². The quantitative estimate of drug-likeness (QED) is 0.792. The van der Waals surface area contributed by atoms with Crippen LogP contribution in [0.2, 0.25) is 5.02 Å². The Labute approximate surface area is 177 Å². The summed E-state index contributed by atoms with van der Waals surface area (Å²) in [6.07, 6.45) is 1.10. The number of carbonyl (C=O) groups excluding carboxylic acids is 2. The molecule has 1 N–H and O–H groups in total. The molecule has 1 spiro atoms. The number of hydrogen-bond acceptors (Lipinski definition) is 6. The molecule has 0 radical (unpaired) electrons. The predicted octanol–water partition coefficient (Wildman–Crippen LogP) is 4.04. The minimum absolute atomic E-state index is 0.0503. The molecule has 0 unspecified atom stereocenters. The molecule has 1 fully saturated rings. The molecule has 1 aromatic carbocycles. The van der Waals surface area contributed by atoms with E-state index in [1.165, 1.54) is 0 Å². The van der Waals surface area contributed by atoms with Crippen molar-refractivity contribution in [2.75, 3.05) is 13.1 Å². The number of alkyl carbamates (subject to hydrolysis) is 1. The Bertz CT molecular complexity index is 924. The number of hydrogen-bond donors (Lipinski definition) is 1. The van der Waals surface area contributed by atoms with Gasteiger partial charge in [0.2, 0.25) is 5.90 Å². The van der Waals surface area contributed by atoms with Crippen LogP contribution in [-0.2, 0) is 16.1 Å². The first-order chi connectivity index (χ1) is 14.0. The lowest BCUT2D eigenvalue weighted by atomic mass is 9.88. The highest BCUT2D eigenvalue weighted by molar-refractivity contribution is 7.09. The van der Waals surface area contributed by atoms with Crippen molar-refractivity contribution >= 4 is 40.8 Å². The number of carbonyl (C=O) groups is 2. The Morgan fingerprint density at radius 1 is 1.28 bits per heavy atom. The first-order valence-corrected chi connectivity index (χ1v) is 10.6. The van der Waals surface area contributed by atoms with Crippen molar-refractivity contribution in [1.29, 1.82) is 0 Å². The van der Waals surface area contributed by atoms with Crippen LogP contribution in [0.3, 0.4) is 0 Å². The van der Waals surface area contributed by atoms with Crippen molar-refractivity contribution in [3.63, 3.8) is 0 Å². The van der Waals surface area contributed by atoms with Gasteiger partial charge in [0, 0.05) is 41.4 Å². The number of amides is 2. The highest BCUT2D eigenvalue weighted by Crippen LogP contribution is 2.35. The highest BCUT2D eigenvalue weighted by Gasteiger charge is 2.44. The number of thiophene rings is 1. The number of likely N-dealkylation sites (tertiary alicyclic amines) is 1. The molecule has 0 bridgehead atoms. The van der Waals surface area contributed by atoms with Crippen molar-refractivity contribution in [3.8, 4) is 0 Å². The lowest BCUT2D eigenvalue weighted by molar-refractivity contribution is -0.0568. The Morgan fingerprint density at radius 2 is 2.10 bits per heavy atom. The molecular weight excluding hydrogens is 414 g/mol. The molecule has 3 heterocycles. The summed E-state index contributed by atoms with van der Waals surface area (Å²) in [4.78, 5) is 33.1. The minimum atomic E-state index is -0.550. The maximum atomic E-state index is 12.7. The fourth-order valence-electron chi connectivity index (χ4n) is 3.45. The fraction of sp³-hybridized carbons (Fsp3) is 0.350. The zero-order valence-electron chi connectivity index (χ0n) is 15.6. The number of oxime groups is 1. The van der Waals surface area contributed by atoms with E-state index < -0.39 is 11.7 Å². The molecular formula is C20H20ClN3O4S. The Balaban J connectivity index is 1.25. The fourth-order valence-corrected chi connectivity index (χ4v) is 4.28. The van der Waals surface area contributed by atoms with E-state index in [1.807, 2.05) is 17.5 Å². The molecule has 0 saturated carbocycles. The monoisotopic (exact) mass is 433 g/mol. The molecule has 29 heavy (non-hydrogen) atoms. The summed E-state index contributed by atoms with van der Waals surface area (Å²) >= 11 is 7.55. The highest BCUT2D eigenvalue weighted by atomic mass is 35.5. The molecule has 7 nitrogen and oxygen atoms in total. The van der Waals surface area contributed by atoms with Crippen molar-refractivity contribution in [2.45, 2.75) is 31.4 Å². The second kappa shape index (κ2) is 8.42. The SMILES string of the molecule is O=C(NCc1cccs1)OC1=NOC2(CCN(C(=O)c3cccc(Cl)c3)CC2)C1. The van der Waals surface area contributed by atoms with Crippen LogP contribution in [0, 0.1) is 0 Å². The summed E-state index contributed by atoms with van der Waals surface area (Å²) in [5, 5.41) is 9.14. The molecule has 9 heteroatoms. The first-order valence-electron chi connectivity index (χ1n) is 9.31. The van der Waals surface area contributed by atoms with Gasteiger partial charge in [-0.05, 0) is 29.6 Å². The van der Waals surface area contributed by atoms with Crippen molar-refractivity contribution in [1.82, 2.24) is 10.2 Å². The average molecular weight is 434 g/mol. The summed E-state index contributed by atoms with van der Waals surface area (Å²) in [5.41, 5.74) is 0.0533. The van der Waals surface area contributed by atoms with E-state index in [0.717, 1.165) is 4.88 Å². The maximum absolute atomic E-state index is 12.7.